The molecule has 1 aliphatic rings. The zero-order valence-corrected chi connectivity index (χ0v) is 16.5. The van der Waals surface area contributed by atoms with Gasteiger partial charge in [0, 0.05) is 36.1 Å². The quantitative estimate of drug-likeness (QED) is 0.787. The summed E-state index contributed by atoms with van der Waals surface area (Å²) >= 11 is 12.0. The lowest BCUT2D eigenvalue weighted by Gasteiger charge is -2.32. The summed E-state index contributed by atoms with van der Waals surface area (Å²) in [6.45, 7) is 1.46. The van der Waals surface area contributed by atoms with E-state index in [2.05, 4.69) is 5.32 Å². The Morgan fingerprint density at radius 1 is 1.11 bits per heavy atom. The van der Waals surface area contributed by atoms with Crippen LogP contribution in [-0.2, 0) is 22.6 Å². The minimum Gasteiger partial charge on any atom is -0.352 e. The molecule has 0 bridgehead atoms. The average molecular weight is 405 g/mol. The van der Waals surface area contributed by atoms with Crippen molar-refractivity contribution in [2.24, 2.45) is 5.92 Å². The summed E-state index contributed by atoms with van der Waals surface area (Å²) < 4.78 is 0. The van der Waals surface area contributed by atoms with E-state index in [-0.39, 0.29) is 17.7 Å². The lowest BCUT2D eigenvalue weighted by Crippen LogP contribution is -2.46. The fourth-order valence-corrected chi connectivity index (χ4v) is 3.56. The third kappa shape index (κ3) is 5.47. The van der Waals surface area contributed by atoms with Crippen LogP contribution in [0.4, 0.5) is 0 Å². The van der Waals surface area contributed by atoms with E-state index in [1.807, 2.05) is 42.5 Å². The number of benzene rings is 2. The molecular formula is C21H22Cl2N2O2. The molecule has 1 N–H and O–H groups in total. The van der Waals surface area contributed by atoms with Gasteiger partial charge in [0.15, 0.2) is 0 Å². The maximum absolute atomic E-state index is 12.5. The highest BCUT2D eigenvalue weighted by Crippen LogP contribution is 2.20. The van der Waals surface area contributed by atoms with E-state index >= 15 is 0 Å². The summed E-state index contributed by atoms with van der Waals surface area (Å²) in [4.78, 5) is 26.5. The van der Waals surface area contributed by atoms with Crippen LogP contribution in [0.2, 0.25) is 10.0 Å². The molecule has 0 saturated carbocycles. The second-order valence-corrected chi connectivity index (χ2v) is 7.60. The number of piperidine rings is 1. The zero-order chi connectivity index (χ0) is 19.2. The third-order valence-electron chi connectivity index (χ3n) is 4.87. The first-order valence-corrected chi connectivity index (χ1v) is 9.82. The predicted molar refractivity (Wildman–Crippen MR) is 108 cm³/mol. The Balaban J connectivity index is 1.52. The molecule has 1 saturated heterocycles. The van der Waals surface area contributed by atoms with Crippen molar-refractivity contribution in [3.05, 3.63) is 69.7 Å². The van der Waals surface area contributed by atoms with Gasteiger partial charge in [-0.05, 0) is 42.2 Å². The highest BCUT2D eigenvalue weighted by atomic mass is 35.5. The molecule has 4 nitrogen and oxygen atoms in total. The second-order valence-electron chi connectivity index (χ2n) is 6.76. The first-order valence-electron chi connectivity index (χ1n) is 9.06. The van der Waals surface area contributed by atoms with Crippen LogP contribution < -0.4 is 5.32 Å². The van der Waals surface area contributed by atoms with Gasteiger partial charge in [0.2, 0.25) is 11.8 Å². The Labute approximate surface area is 169 Å². The number of hydrogen-bond donors (Lipinski definition) is 1. The van der Waals surface area contributed by atoms with E-state index in [1.165, 1.54) is 0 Å². The van der Waals surface area contributed by atoms with Crippen molar-refractivity contribution in [1.29, 1.82) is 0 Å². The molecule has 142 valence electrons. The first-order chi connectivity index (χ1) is 13.0. The number of nitrogens with one attached hydrogen (secondary N) is 1. The molecular weight excluding hydrogens is 383 g/mol. The maximum atomic E-state index is 12.5. The number of hydrogen-bond acceptors (Lipinski definition) is 2. The van der Waals surface area contributed by atoms with E-state index in [0.29, 0.717) is 42.5 Å². The molecule has 2 amide bonds. The molecule has 3 rings (SSSR count). The molecule has 0 aliphatic carbocycles. The van der Waals surface area contributed by atoms with Crippen molar-refractivity contribution in [1.82, 2.24) is 10.2 Å². The lowest BCUT2D eigenvalue weighted by molar-refractivity contribution is -0.138. The molecule has 1 fully saturated rings. The van der Waals surface area contributed by atoms with Crippen molar-refractivity contribution in [3.8, 4) is 0 Å². The van der Waals surface area contributed by atoms with E-state index in [0.717, 1.165) is 17.5 Å². The van der Waals surface area contributed by atoms with Gasteiger partial charge in [-0.1, -0.05) is 53.5 Å². The van der Waals surface area contributed by atoms with Gasteiger partial charge in [0.25, 0.3) is 0 Å². The summed E-state index contributed by atoms with van der Waals surface area (Å²) in [6, 6.07) is 15.1. The lowest BCUT2D eigenvalue weighted by atomic mass is 9.96. The zero-order valence-electron chi connectivity index (χ0n) is 15.0. The number of amides is 2. The highest BCUT2D eigenvalue weighted by Gasteiger charge is 2.29. The summed E-state index contributed by atoms with van der Waals surface area (Å²) in [6.07, 6.45) is 1.74. The summed E-state index contributed by atoms with van der Waals surface area (Å²) in [5, 5.41) is 4.29. The SMILES string of the molecule is O=C(NCc1ccccc1Cl)[C@H]1CCC(=O)N(CCc2ccc(Cl)cc2)C1. The number of halogens is 2. The standard InChI is InChI=1S/C21H22Cl2N2O2/c22-18-8-5-15(6-9-18)11-12-25-14-17(7-10-20(25)26)21(27)24-13-16-3-1-2-4-19(16)23/h1-6,8-9,17H,7,10-14H2,(H,24,27)/t17-/m0/s1. The molecule has 0 aromatic heterocycles. The van der Waals surface area contributed by atoms with Crippen LogP contribution >= 0.6 is 23.2 Å². The molecule has 1 aliphatic heterocycles. The van der Waals surface area contributed by atoms with Gasteiger partial charge in [-0.15, -0.1) is 0 Å². The molecule has 6 heteroatoms. The van der Waals surface area contributed by atoms with Crippen molar-refractivity contribution < 1.29 is 9.59 Å². The van der Waals surface area contributed by atoms with E-state index in [1.54, 1.807) is 11.0 Å². The Kier molecular flexibility index (Phi) is 6.75. The van der Waals surface area contributed by atoms with E-state index < -0.39 is 0 Å². The molecule has 0 unspecified atom stereocenters. The van der Waals surface area contributed by atoms with Crippen molar-refractivity contribution in [2.75, 3.05) is 13.1 Å². The Morgan fingerprint density at radius 3 is 2.59 bits per heavy atom. The van der Waals surface area contributed by atoms with Crippen molar-refractivity contribution in [2.45, 2.75) is 25.8 Å². The number of carbonyl (C=O) groups excluding carboxylic acids is 2. The van der Waals surface area contributed by atoms with Crippen LogP contribution in [0.25, 0.3) is 0 Å². The maximum Gasteiger partial charge on any atom is 0.225 e. The second kappa shape index (κ2) is 9.25. The molecule has 2 aromatic rings. The van der Waals surface area contributed by atoms with Crippen LogP contribution in [0.5, 0.6) is 0 Å². The molecule has 27 heavy (non-hydrogen) atoms. The molecule has 1 heterocycles. The first kappa shape index (κ1) is 19.7. The fraction of sp³-hybridized carbons (Fsp3) is 0.333. The number of rotatable bonds is 6. The molecule has 2 aromatic carbocycles. The normalized spacial score (nSPS) is 17.0. The van der Waals surface area contributed by atoms with Crippen molar-refractivity contribution >= 4 is 35.0 Å². The number of likely N-dealkylation sites (tertiary alicyclic amines) is 1. The monoisotopic (exact) mass is 404 g/mol. The Bertz CT molecular complexity index is 808. The number of nitrogens with zero attached hydrogens (tertiary/aromatic N) is 1. The molecule has 0 radical (unpaired) electrons. The largest absolute Gasteiger partial charge is 0.352 e. The number of carbonyl (C=O) groups is 2. The fourth-order valence-electron chi connectivity index (χ4n) is 3.23. The average Bonchev–Trinajstić information content (AvgIpc) is 2.68. The minimum atomic E-state index is -0.185. The van der Waals surface area contributed by atoms with Gasteiger partial charge in [-0.2, -0.15) is 0 Å². The van der Waals surface area contributed by atoms with Crippen LogP contribution in [-0.4, -0.2) is 29.8 Å². The van der Waals surface area contributed by atoms with Crippen molar-refractivity contribution in [3.63, 3.8) is 0 Å². The van der Waals surface area contributed by atoms with Gasteiger partial charge in [-0.25, -0.2) is 0 Å². The summed E-state index contributed by atoms with van der Waals surface area (Å²) in [5.74, 6) is -0.103. The Hall–Kier alpha value is -2.04. The van der Waals surface area contributed by atoms with Gasteiger partial charge < -0.3 is 10.2 Å². The van der Waals surface area contributed by atoms with Gasteiger partial charge in [-0.3, -0.25) is 9.59 Å². The predicted octanol–water partition coefficient (Wildman–Crippen LogP) is 4.09. The molecule has 0 spiro atoms. The smallest absolute Gasteiger partial charge is 0.225 e. The van der Waals surface area contributed by atoms with Gasteiger partial charge in [0.1, 0.15) is 0 Å². The van der Waals surface area contributed by atoms with Crippen LogP contribution in [0.15, 0.2) is 48.5 Å². The third-order valence-corrected chi connectivity index (χ3v) is 5.49. The van der Waals surface area contributed by atoms with Crippen LogP contribution in [0, 0.1) is 5.92 Å². The minimum absolute atomic E-state index is 0.0288. The van der Waals surface area contributed by atoms with Gasteiger partial charge >= 0.3 is 0 Å². The van der Waals surface area contributed by atoms with E-state index in [9.17, 15) is 9.59 Å². The Morgan fingerprint density at radius 2 is 1.85 bits per heavy atom. The topological polar surface area (TPSA) is 49.4 Å². The van der Waals surface area contributed by atoms with Crippen LogP contribution in [0.1, 0.15) is 24.0 Å². The molecule has 1 atom stereocenters. The summed E-state index contributed by atoms with van der Waals surface area (Å²) in [5.41, 5.74) is 2.01. The van der Waals surface area contributed by atoms with Crippen LogP contribution in [0.3, 0.4) is 0 Å². The summed E-state index contributed by atoms with van der Waals surface area (Å²) in [7, 11) is 0. The van der Waals surface area contributed by atoms with E-state index in [4.69, 9.17) is 23.2 Å². The van der Waals surface area contributed by atoms with Gasteiger partial charge in [0.05, 0.1) is 5.92 Å². The highest BCUT2D eigenvalue weighted by molar-refractivity contribution is 6.31.